The smallest absolute Gasteiger partial charge is 0.336 e. The first-order valence-corrected chi connectivity index (χ1v) is 7.70. The number of hydrogen-bond acceptors (Lipinski definition) is 4. The van der Waals surface area contributed by atoms with Gasteiger partial charge < -0.3 is 5.11 Å². The van der Waals surface area contributed by atoms with Gasteiger partial charge in [-0.15, -0.1) is 11.3 Å². The van der Waals surface area contributed by atoms with Crippen LogP contribution >= 0.6 is 23.1 Å². The molecule has 0 aliphatic rings. The fourth-order valence-electron chi connectivity index (χ4n) is 2.02. The largest absolute Gasteiger partial charge is 0.478 e. The van der Waals surface area contributed by atoms with Gasteiger partial charge in [-0.25, -0.2) is 9.78 Å². The lowest BCUT2D eigenvalue weighted by molar-refractivity contribution is 0.0699. The Labute approximate surface area is 124 Å². The molecule has 1 aromatic heterocycles. The summed E-state index contributed by atoms with van der Waals surface area (Å²) in [5, 5.41) is 13.0. The summed E-state index contributed by atoms with van der Waals surface area (Å²) in [7, 11) is 0. The SMILES string of the molecule is Cc1csc(Sc2ccc(C(=O)O)c3ccccc23)n1. The number of nitrogens with zero attached hydrogens (tertiary/aromatic N) is 1. The molecule has 0 fully saturated rings. The Morgan fingerprint density at radius 1 is 1.20 bits per heavy atom. The fraction of sp³-hybridized carbons (Fsp3) is 0.0667. The Hall–Kier alpha value is -1.85. The maximum absolute atomic E-state index is 11.3. The molecule has 1 heterocycles. The van der Waals surface area contributed by atoms with E-state index in [-0.39, 0.29) is 0 Å². The highest BCUT2D eigenvalue weighted by molar-refractivity contribution is 8.01. The molecule has 0 saturated carbocycles. The van der Waals surface area contributed by atoms with E-state index >= 15 is 0 Å². The number of benzene rings is 2. The van der Waals surface area contributed by atoms with Gasteiger partial charge in [0.2, 0.25) is 0 Å². The van der Waals surface area contributed by atoms with Gasteiger partial charge in [-0.1, -0.05) is 36.0 Å². The van der Waals surface area contributed by atoms with E-state index in [1.165, 1.54) is 0 Å². The van der Waals surface area contributed by atoms with Crippen molar-refractivity contribution in [2.24, 2.45) is 0 Å². The van der Waals surface area contributed by atoms with Crippen LogP contribution in [-0.4, -0.2) is 16.1 Å². The molecule has 2 aromatic carbocycles. The van der Waals surface area contributed by atoms with Crippen molar-refractivity contribution < 1.29 is 9.90 Å². The summed E-state index contributed by atoms with van der Waals surface area (Å²) < 4.78 is 0.968. The molecule has 0 saturated heterocycles. The third-order valence-electron chi connectivity index (χ3n) is 2.91. The van der Waals surface area contributed by atoms with Gasteiger partial charge in [0.15, 0.2) is 4.34 Å². The highest BCUT2D eigenvalue weighted by atomic mass is 32.2. The molecule has 3 aromatic rings. The average Bonchev–Trinajstić information content (AvgIpc) is 2.84. The van der Waals surface area contributed by atoms with Gasteiger partial charge in [-0.3, -0.25) is 0 Å². The lowest BCUT2D eigenvalue weighted by Crippen LogP contribution is -1.97. The van der Waals surface area contributed by atoms with Gasteiger partial charge >= 0.3 is 5.97 Å². The van der Waals surface area contributed by atoms with Crippen LogP contribution in [0, 0.1) is 6.92 Å². The van der Waals surface area contributed by atoms with Crippen molar-refractivity contribution in [1.29, 1.82) is 0 Å². The minimum atomic E-state index is -0.900. The highest BCUT2D eigenvalue weighted by Gasteiger charge is 2.12. The molecule has 3 nitrogen and oxygen atoms in total. The van der Waals surface area contributed by atoms with Crippen molar-refractivity contribution in [2.45, 2.75) is 16.2 Å². The number of rotatable bonds is 3. The second-order valence-electron chi connectivity index (χ2n) is 4.32. The molecular weight excluding hydrogens is 290 g/mol. The molecule has 0 radical (unpaired) electrons. The van der Waals surface area contributed by atoms with Crippen molar-refractivity contribution >= 4 is 39.8 Å². The van der Waals surface area contributed by atoms with Crippen LogP contribution in [0.2, 0.25) is 0 Å². The zero-order valence-electron chi connectivity index (χ0n) is 10.7. The molecule has 100 valence electrons. The lowest BCUT2D eigenvalue weighted by atomic mass is 10.0. The van der Waals surface area contributed by atoms with E-state index in [4.69, 9.17) is 0 Å². The van der Waals surface area contributed by atoms with E-state index in [0.717, 1.165) is 25.7 Å². The summed E-state index contributed by atoms with van der Waals surface area (Å²) in [5.41, 5.74) is 1.34. The molecule has 0 spiro atoms. The third kappa shape index (κ3) is 2.42. The molecule has 20 heavy (non-hydrogen) atoms. The molecule has 0 bridgehead atoms. The van der Waals surface area contributed by atoms with E-state index < -0.39 is 5.97 Å². The first kappa shape index (κ1) is 13.1. The molecule has 0 unspecified atom stereocenters. The van der Waals surface area contributed by atoms with Crippen molar-refractivity contribution in [3.05, 3.63) is 53.0 Å². The van der Waals surface area contributed by atoms with Crippen molar-refractivity contribution in [1.82, 2.24) is 4.98 Å². The summed E-state index contributed by atoms with van der Waals surface area (Å²) in [4.78, 5) is 16.7. The predicted molar refractivity (Wildman–Crippen MR) is 81.9 cm³/mol. The number of carboxylic acid groups (broad SMARTS) is 1. The molecule has 0 aliphatic carbocycles. The molecular formula is C15H11NO2S2. The van der Waals surface area contributed by atoms with Crippen LogP contribution in [-0.2, 0) is 0 Å². The molecule has 0 aliphatic heterocycles. The van der Waals surface area contributed by atoms with Gasteiger partial charge in [-0.05, 0) is 29.8 Å². The zero-order chi connectivity index (χ0) is 14.1. The number of carboxylic acids is 1. The van der Waals surface area contributed by atoms with E-state index in [2.05, 4.69) is 4.98 Å². The van der Waals surface area contributed by atoms with Crippen LogP contribution in [0.4, 0.5) is 0 Å². The fourth-order valence-corrected chi connectivity index (χ4v) is 3.95. The summed E-state index contributed by atoms with van der Waals surface area (Å²) in [5.74, 6) is -0.900. The maximum atomic E-state index is 11.3. The van der Waals surface area contributed by atoms with Gasteiger partial charge in [-0.2, -0.15) is 0 Å². The Morgan fingerprint density at radius 2 is 1.95 bits per heavy atom. The Balaban J connectivity index is 2.12. The summed E-state index contributed by atoms with van der Waals surface area (Å²) in [6.45, 7) is 1.96. The normalized spacial score (nSPS) is 10.8. The minimum absolute atomic E-state index is 0.334. The van der Waals surface area contributed by atoms with Gasteiger partial charge in [0.25, 0.3) is 0 Å². The first-order chi connectivity index (χ1) is 9.65. The lowest BCUT2D eigenvalue weighted by Gasteiger charge is -2.07. The second kappa shape index (κ2) is 5.26. The number of thiazole rings is 1. The zero-order valence-corrected chi connectivity index (χ0v) is 12.3. The third-order valence-corrected chi connectivity index (χ3v) is 5.04. The average molecular weight is 301 g/mol. The second-order valence-corrected chi connectivity index (χ2v) is 6.47. The summed E-state index contributed by atoms with van der Waals surface area (Å²) in [6, 6.07) is 11.1. The van der Waals surface area contributed by atoms with Crippen LogP contribution in [0.1, 0.15) is 16.1 Å². The van der Waals surface area contributed by atoms with Gasteiger partial charge in [0.05, 0.1) is 5.56 Å². The predicted octanol–water partition coefficient (Wildman–Crippen LogP) is 4.45. The highest BCUT2D eigenvalue weighted by Crippen LogP contribution is 2.36. The topological polar surface area (TPSA) is 50.2 Å². The summed E-state index contributed by atoms with van der Waals surface area (Å²) >= 11 is 3.17. The van der Waals surface area contributed by atoms with Crippen LogP contribution in [0.25, 0.3) is 10.8 Å². The van der Waals surface area contributed by atoms with Crippen LogP contribution in [0.5, 0.6) is 0 Å². The van der Waals surface area contributed by atoms with E-state index in [9.17, 15) is 9.90 Å². The van der Waals surface area contributed by atoms with E-state index in [1.54, 1.807) is 29.2 Å². The Bertz CT molecular complexity index is 795. The van der Waals surface area contributed by atoms with Crippen molar-refractivity contribution in [3.8, 4) is 0 Å². The first-order valence-electron chi connectivity index (χ1n) is 6.00. The molecule has 3 rings (SSSR count). The monoisotopic (exact) mass is 301 g/mol. The number of aromatic carboxylic acids is 1. The van der Waals surface area contributed by atoms with Gasteiger partial charge in [0.1, 0.15) is 0 Å². The van der Waals surface area contributed by atoms with Crippen LogP contribution in [0.15, 0.2) is 51.0 Å². The molecule has 1 N–H and O–H groups in total. The number of carbonyl (C=O) groups is 1. The standard InChI is InChI=1S/C15H11NO2S2/c1-9-8-19-15(16-9)20-13-7-6-12(14(17)18)10-4-2-3-5-11(10)13/h2-8H,1H3,(H,17,18). The van der Waals surface area contributed by atoms with Crippen LogP contribution < -0.4 is 0 Å². The minimum Gasteiger partial charge on any atom is -0.478 e. The van der Waals surface area contributed by atoms with Crippen molar-refractivity contribution in [3.63, 3.8) is 0 Å². The Kier molecular flexibility index (Phi) is 3.46. The molecule has 0 atom stereocenters. The van der Waals surface area contributed by atoms with Crippen LogP contribution in [0.3, 0.4) is 0 Å². The van der Waals surface area contributed by atoms with E-state index in [0.29, 0.717) is 5.56 Å². The number of fused-ring (bicyclic) bond motifs is 1. The molecule has 5 heteroatoms. The van der Waals surface area contributed by atoms with E-state index in [1.807, 2.05) is 42.6 Å². The number of aromatic nitrogens is 1. The number of hydrogen-bond donors (Lipinski definition) is 1. The van der Waals surface area contributed by atoms with Crippen molar-refractivity contribution in [2.75, 3.05) is 0 Å². The molecule has 0 amide bonds. The summed E-state index contributed by atoms with van der Waals surface area (Å²) in [6.07, 6.45) is 0. The maximum Gasteiger partial charge on any atom is 0.336 e. The number of aryl methyl sites for hydroxylation is 1. The Morgan fingerprint density at radius 3 is 2.60 bits per heavy atom. The van der Waals surface area contributed by atoms with Gasteiger partial charge in [0, 0.05) is 16.0 Å². The quantitative estimate of drug-likeness (QED) is 0.776.